The fourth-order valence-corrected chi connectivity index (χ4v) is 4.09. The number of benzene rings is 2. The molecule has 2 N–H and O–H groups in total. The number of hydrogen-bond acceptors (Lipinski definition) is 2. The Bertz CT molecular complexity index is 788. The van der Waals surface area contributed by atoms with Crippen LogP contribution in [0.3, 0.4) is 0 Å². The summed E-state index contributed by atoms with van der Waals surface area (Å²) in [5.74, 6) is 1.09. The molecule has 0 aliphatic rings. The van der Waals surface area contributed by atoms with Crippen molar-refractivity contribution in [3.8, 4) is 11.5 Å². The minimum absolute atomic E-state index is 0.0399. The predicted molar refractivity (Wildman–Crippen MR) is 115 cm³/mol. The van der Waals surface area contributed by atoms with E-state index in [1.807, 2.05) is 26.0 Å². The average Bonchev–Trinajstić information content (AvgIpc) is 2.59. The summed E-state index contributed by atoms with van der Waals surface area (Å²) >= 11 is 0. The molecule has 0 bridgehead atoms. The van der Waals surface area contributed by atoms with Gasteiger partial charge in [0.2, 0.25) is 0 Å². The lowest BCUT2D eigenvalue weighted by molar-refractivity contribution is 0.428. The average molecular weight is 367 g/mol. The SMILES string of the molecule is C/C=C(/C)CC(C)CC(c1cc(C)cc(C)c1O)c1cc(C)cc(C)c1O. The van der Waals surface area contributed by atoms with E-state index in [9.17, 15) is 10.2 Å². The van der Waals surface area contributed by atoms with Crippen molar-refractivity contribution in [3.63, 3.8) is 0 Å². The molecule has 0 heterocycles. The zero-order chi connectivity index (χ0) is 20.3. The van der Waals surface area contributed by atoms with Gasteiger partial charge in [0.25, 0.3) is 0 Å². The van der Waals surface area contributed by atoms with E-state index < -0.39 is 0 Å². The first kappa shape index (κ1) is 21.1. The lowest BCUT2D eigenvalue weighted by Gasteiger charge is -2.26. The molecule has 2 rings (SSSR count). The van der Waals surface area contributed by atoms with Gasteiger partial charge in [-0.3, -0.25) is 0 Å². The number of allylic oxidation sites excluding steroid dienone is 2. The smallest absolute Gasteiger partial charge is 0.122 e. The molecule has 0 aliphatic carbocycles. The number of phenols is 2. The quantitative estimate of drug-likeness (QED) is 0.549. The van der Waals surface area contributed by atoms with Gasteiger partial charge in [-0.05, 0) is 71.4 Å². The van der Waals surface area contributed by atoms with Crippen molar-refractivity contribution < 1.29 is 10.2 Å². The minimum Gasteiger partial charge on any atom is -0.507 e. The van der Waals surface area contributed by atoms with Crippen LogP contribution in [0.25, 0.3) is 0 Å². The van der Waals surface area contributed by atoms with E-state index in [4.69, 9.17) is 0 Å². The Labute approximate surface area is 164 Å². The van der Waals surface area contributed by atoms with Crippen molar-refractivity contribution in [1.82, 2.24) is 0 Å². The topological polar surface area (TPSA) is 40.5 Å². The van der Waals surface area contributed by atoms with Gasteiger partial charge in [-0.15, -0.1) is 0 Å². The van der Waals surface area contributed by atoms with Crippen LogP contribution < -0.4 is 0 Å². The Morgan fingerprint density at radius 2 is 1.33 bits per heavy atom. The Morgan fingerprint density at radius 3 is 1.74 bits per heavy atom. The third-order valence-corrected chi connectivity index (χ3v) is 5.50. The van der Waals surface area contributed by atoms with Gasteiger partial charge >= 0.3 is 0 Å². The summed E-state index contributed by atoms with van der Waals surface area (Å²) in [6, 6.07) is 8.15. The molecule has 2 aromatic carbocycles. The van der Waals surface area contributed by atoms with E-state index in [0.717, 1.165) is 46.2 Å². The molecule has 27 heavy (non-hydrogen) atoms. The zero-order valence-electron chi connectivity index (χ0n) is 17.9. The molecule has 2 heteroatoms. The first-order valence-corrected chi connectivity index (χ1v) is 9.86. The van der Waals surface area contributed by atoms with Crippen LogP contribution in [0, 0.1) is 33.6 Å². The largest absolute Gasteiger partial charge is 0.507 e. The summed E-state index contributed by atoms with van der Waals surface area (Å²) in [6.07, 6.45) is 4.05. The second kappa shape index (κ2) is 8.65. The van der Waals surface area contributed by atoms with E-state index in [2.05, 4.69) is 52.8 Å². The van der Waals surface area contributed by atoms with E-state index in [1.165, 1.54) is 5.57 Å². The molecular formula is C25H34O2. The van der Waals surface area contributed by atoms with Crippen LogP contribution in [0.1, 0.15) is 72.9 Å². The molecule has 1 atom stereocenters. The van der Waals surface area contributed by atoms with Crippen LogP contribution in [0.15, 0.2) is 35.9 Å². The minimum atomic E-state index is -0.0399. The van der Waals surface area contributed by atoms with Gasteiger partial charge in [0.1, 0.15) is 11.5 Å². The Kier molecular flexibility index (Phi) is 6.75. The second-order valence-electron chi connectivity index (χ2n) is 8.27. The van der Waals surface area contributed by atoms with E-state index in [1.54, 1.807) is 0 Å². The van der Waals surface area contributed by atoms with Crippen LogP contribution in [0.5, 0.6) is 11.5 Å². The molecule has 2 aromatic rings. The fraction of sp³-hybridized carbons (Fsp3) is 0.440. The number of phenolic OH excluding ortho intramolecular Hbond substituents is 2. The molecule has 0 aromatic heterocycles. The molecular weight excluding hydrogens is 332 g/mol. The maximum Gasteiger partial charge on any atom is 0.122 e. The third kappa shape index (κ3) is 4.94. The summed E-state index contributed by atoms with van der Waals surface area (Å²) in [5, 5.41) is 21.7. The third-order valence-electron chi connectivity index (χ3n) is 5.50. The highest BCUT2D eigenvalue weighted by atomic mass is 16.3. The summed E-state index contributed by atoms with van der Waals surface area (Å²) in [7, 11) is 0. The molecule has 0 radical (unpaired) electrons. The van der Waals surface area contributed by atoms with Gasteiger partial charge in [-0.25, -0.2) is 0 Å². The highest BCUT2D eigenvalue weighted by Crippen LogP contribution is 2.43. The Balaban J connectivity index is 2.60. The van der Waals surface area contributed by atoms with E-state index in [-0.39, 0.29) is 5.92 Å². The standard InChI is InChI=1S/C25H34O2/c1-8-15(2)9-16(3)12-21(22-13-17(4)10-19(6)24(22)26)23-14-18(5)11-20(7)25(23)27/h8,10-11,13-14,16,21,26-27H,9,12H2,1-7H3/b15-8-. The maximum atomic E-state index is 10.8. The van der Waals surface area contributed by atoms with E-state index >= 15 is 0 Å². The van der Waals surface area contributed by atoms with Gasteiger partial charge < -0.3 is 10.2 Å². The van der Waals surface area contributed by atoms with Crippen molar-refractivity contribution in [2.24, 2.45) is 5.92 Å². The first-order valence-electron chi connectivity index (χ1n) is 9.86. The van der Waals surface area contributed by atoms with Crippen molar-refractivity contribution in [1.29, 1.82) is 0 Å². The summed E-state index contributed by atoms with van der Waals surface area (Å²) in [5.41, 5.74) is 7.23. The summed E-state index contributed by atoms with van der Waals surface area (Å²) in [6.45, 7) is 14.5. The number of rotatable bonds is 6. The van der Waals surface area contributed by atoms with Gasteiger partial charge in [0.05, 0.1) is 0 Å². The lowest BCUT2D eigenvalue weighted by atomic mass is 9.79. The van der Waals surface area contributed by atoms with Gasteiger partial charge in [-0.2, -0.15) is 0 Å². The zero-order valence-corrected chi connectivity index (χ0v) is 17.9. The molecule has 0 saturated heterocycles. The molecule has 1 unspecified atom stereocenters. The number of aryl methyl sites for hydroxylation is 4. The van der Waals surface area contributed by atoms with Gasteiger partial charge in [-0.1, -0.05) is 54.0 Å². The van der Waals surface area contributed by atoms with Crippen LogP contribution in [0.2, 0.25) is 0 Å². The molecule has 0 spiro atoms. The van der Waals surface area contributed by atoms with Crippen LogP contribution in [-0.4, -0.2) is 10.2 Å². The van der Waals surface area contributed by atoms with Crippen molar-refractivity contribution in [2.75, 3.05) is 0 Å². The van der Waals surface area contributed by atoms with Gasteiger partial charge in [0, 0.05) is 17.0 Å². The molecule has 0 fully saturated rings. The van der Waals surface area contributed by atoms with Crippen molar-refractivity contribution in [2.45, 2.75) is 67.2 Å². The van der Waals surface area contributed by atoms with E-state index in [0.29, 0.717) is 17.4 Å². The van der Waals surface area contributed by atoms with Crippen LogP contribution in [-0.2, 0) is 0 Å². The molecule has 146 valence electrons. The predicted octanol–water partition coefficient (Wildman–Crippen LogP) is 6.85. The molecule has 0 saturated carbocycles. The monoisotopic (exact) mass is 366 g/mol. The number of hydrogen-bond donors (Lipinski definition) is 2. The Hall–Kier alpha value is -2.22. The van der Waals surface area contributed by atoms with Crippen LogP contribution in [0.4, 0.5) is 0 Å². The van der Waals surface area contributed by atoms with Gasteiger partial charge in [0.15, 0.2) is 0 Å². The fourth-order valence-electron chi connectivity index (χ4n) is 4.09. The lowest BCUT2D eigenvalue weighted by Crippen LogP contribution is -2.10. The second-order valence-corrected chi connectivity index (χ2v) is 8.27. The molecule has 0 amide bonds. The Morgan fingerprint density at radius 1 is 0.889 bits per heavy atom. The highest BCUT2D eigenvalue weighted by Gasteiger charge is 2.25. The molecule has 2 nitrogen and oxygen atoms in total. The maximum absolute atomic E-state index is 10.8. The summed E-state index contributed by atoms with van der Waals surface area (Å²) < 4.78 is 0. The van der Waals surface area contributed by atoms with Crippen LogP contribution >= 0.6 is 0 Å². The highest BCUT2D eigenvalue weighted by molar-refractivity contribution is 5.53. The van der Waals surface area contributed by atoms with Crippen molar-refractivity contribution in [3.05, 3.63) is 69.3 Å². The number of aromatic hydroxyl groups is 2. The first-order chi connectivity index (χ1) is 12.6. The molecule has 0 aliphatic heterocycles. The summed E-state index contributed by atoms with van der Waals surface area (Å²) in [4.78, 5) is 0. The van der Waals surface area contributed by atoms with Crippen molar-refractivity contribution >= 4 is 0 Å². The normalized spacial score (nSPS) is 13.3.